The molecule has 76 valence electrons. The van der Waals surface area contributed by atoms with Gasteiger partial charge in [0.05, 0.1) is 0 Å². The summed E-state index contributed by atoms with van der Waals surface area (Å²) in [7, 11) is 2.04. The zero-order valence-corrected chi connectivity index (χ0v) is 8.81. The van der Waals surface area contributed by atoms with Crippen LogP contribution in [0, 0.1) is 5.92 Å². The van der Waals surface area contributed by atoms with Gasteiger partial charge < -0.3 is 10.1 Å². The molecular weight excluding hydrogens is 162 g/mol. The molecule has 1 fully saturated rings. The van der Waals surface area contributed by atoms with Crippen LogP contribution >= 0.6 is 0 Å². The van der Waals surface area contributed by atoms with E-state index in [2.05, 4.69) is 5.32 Å². The summed E-state index contributed by atoms with van der Waals surface area (Å²) < 4.78 is 0. The largest absolute Gasteiger partial charge is 0.317 e. The topological polar surface area (TPSA) is 29.1 Å². The van der Waals surface area contributed by atoms with Crippen LogP contribution in [0.5, 0.6) is 0 Å². The number of rotatable bonds is 4. The molecule has 1 rings (SSSR count). The molecule has 0 bridgehead atoms. The fourth-order valence-electron chi connectivity index (χ4n) is 2.32. The Morgan fingerprint density at radius 1 is 1.38 bits per heavy atom. The quantitative estimate of drug-likeness (QED) is 0.723. The van der Waals surface area contributed by atoms with Crippen LogP contribution in [0.1, 0.15) is 45.4 Å². The van der Waals surface area contributed by atoms with Crippen molar-refractivity contribution in [1.29, 1.82) is 0 Å². The third-order valence-corrected chi connectivity index (χ3v) is 3.15. The maximum absolute atomic E-state index is 10.9. The molecule has 0 amide bonds. The van der Waals surface area contributed by atoms with Crippen LogP contribution in [0.15, 0.2) is 0 Å². The second-order valence-corrected chi connectivity index (χ2v) is 4.18. The molecule has 2 heteroatoms. The maximum atomic E-state index is 10.9. The molecule has 0 aromatic carbocycles. The average Bonchev–Trinajstić information content (AvgIpc) is 2.15. The van der Waals surface area contributed by atoms with Gasteiger partial charge in [0, 0.05) is 12.5 Å². The lowest BCUT2D eigenvalue weighted by Gasteiger charge is -2.31. The summed E-state index contributed by atoms with van der Waals surface area (Å²) in [5.74, 6) is 1.07. The Morgan fingerprint density at radius 3 is 2.69 bits per heavy atom. The highest BCUT2D eigenvalue weighted by Crippen LogP contribution is 2.27. The highest BCUT2D eigenvalue weighted by Gasteiger charge is 2.23. The lowest BCUT2D eigenvalue weighted by atomic mass is 9.81. The number of ketones is 1. The summed E-state index contributed by atoms with van der Waals surface area (Å²) in [6.07, 6.45) is 7.14. The van der Waals surface area contributed by atoms with Gasteiger partial charge in [-0.2, -0.15) is 0 Å². The molecule has 0 heterocycles. The van der Waals surface area contributed by atoms with Gasteiger partial charge in [0.15, 0.2) is 0 Å². The molecule has 0 aromatic heterocycles. The Kier molecular flexibility index (Phi) is 4.43. The lowest BCUT2D eigenvalue weighted by molar-refractivity contribution is -0.117. The molecule has 0 radical (unpaired) electrons. The van der Waals surface area contributed by atoms with Crippen LogP contribution in [0.25, 0.3) is 0 Å². The third kappa shape index (κ3) is 3.47. The Bertz CT molecular complexity index is 167. The summed E-state index contributed by atoms with van der Waals surface area (Å²) in [6.45, 7) is 1.69. The standard InChI is InChI=1S/C11H21NO/c1-9(13)7-8-10-5-3-4-6-11(10)12-2/h10-12H,3-8H2,1-2H3. The second-order valence-electron chi connectivity index (χ2n) is 4.18. The van der Waals surface area contributed by atoms with E-state index in [0.29, 0.717) is 11.8 Å². The predicted octanol–water partition coefficient (Wildman–Crippen LogP) is 2.13. The van der Waals surface area contributed by atoms with Crippen molar-refractivity contribution in [1.82, 2.24) is 5.32 Å². The molecule has 2 unspecified atom stereocenters. The van der Waals surface area contributed by atoms with Crippen molar-refractivity contribution in [3.8, 4) is 0 Å². The van der Waals surface area contributed by atoms with Gasteiger partial charge in [-0.25, -0.2) is 0 Å². The van der Waals surface area contributed by atoms with Gasteiger partial charge >= 0.3 is 0 Å². The first-order chi connectivity index (χ1) is 6.24. The number of carbonyl (C=O) groups is 1. The van der Waals surface area contributed by atoms with Crippen molar-refractivity contribution in [2.24, 2.45) is 5.92 Å². The first-order valence-electron chi connectivity index (χ1n) is 5.40. The predicted molar refractivity (Wildman–Crippen MR) is 54.7 cm³/mol. The molecule has 1 N–H and O–H groups in total. The van der Waals surface area contributed by atoms with E-state index in [4.69, 9.17) is 0 Å². The molecule has 0 aromatic rings. The van der Waals surface area contributed by atoms with E-state index in [1.165, 1.54) is 25.7 Å². The normalized spacial score (nSPS) is 28.8. The van der Waals surface area contributed by atoms with Gasteiger partial charge in [0.25, 0.3) is 0 Å². The second kappa shape index (κ2) is 5.38. The van der Waals surface area contributed by atoms with E-state index in [9.17, 15) is 4.79 Å². The van der Waals surface area contributed by atoms with Crippen LogP contribution in [0.4, 0.5) is 0 Å². The minimum absolute atomic E-state index is 0.334. The average molecular weight is 183 g/mol. The molecule has 2 nitrogen and oxygen atoms in total. The molecule has 2 atom stereocenters. The third-order valence-electron chi connectivity index (χ3n) is 3.15. The molecule has 0 spiro atoms. The van der Waals surface area contributed by atoms with E-state index in [-0.39, 0.29) is 0 Å². The number of Topliss-reactive ketones (excluding diaryl/α,β-unsaturated/α-hetero) is 1. The summed E-state index contributed by atoms with van der Waals surface area (Å²) in [5.41, 5.74) is 0. The summed E-state index contributed by atoms with van der Waals surface area (Å²) in [4.78, 5) is 10.9. The highest BCUT2D eigenvalue weighted by molar-refractivity contribution is 5.75. The molecule has 1 saturated carbocycles. The lowest BCUT2D eigenvalue weighted by Crippen LogP contribution is -2.36. The monoisotopic (exact) mass is 183 g/mol. The SMILES string of the molecule is CNC1CCCCC1CCC(C)=O. The minimum atomic E-state index is 0.334. The van der Waals surface area contributed by atoms with Crippen molar-refractivity contribution in [2.75, 3.05) is 7.05 Å². The van der Waals surface area contributed by atoms with E-state index in [1.54, 1.807) is 6.92 Å². The van der Waals surface area contributed by atoms with Crippen LogP contribution in [0.2, 0.25) is 0 Å². The van der Waals surface area contributed by atoms with Crippen LogP contribution in [0.3, 0.4) is 0 Å². The highest BCUT2D eigenvalue weighted by atomic mass is 16.1. The maximum Gasteiger partial charge on any atom is 0.129 e. The van der Waals surface area contributed by atoms with E-state index < -0.39 is 0 Å². The summed E-state index contributed by atoms with van der Waals surface area (Å²) in [6, 6.07) is 0.660. The zero-order chi connectivity index (χ0) is 9.68. The first kappa shape index (κ1) is 10.7. The number of hydrogen-bond acceptors (Lipinski definition) is 2. The van der Waals surface area contributed by atoms with E-state index >= 15 is 0 Å². The smallest absolute Gasteiger partial charge is 0.129 e. The zero-order valence-electron chi connectivity index (χ0n) is 8.81. The van der Waals surface area contributed by atoms with E-state index in [1.807, 2.05) is 7.05 Å². The van der Waals surface area contributed by atoms with Crippen molar-refractivity contribution < 1.29 is 4.79 Å². The molecular formula is C11H21NO. The van der Waals surface area contributed by atoms with Crippen molar-refractivity contribution in [2.45, 2.75) is 51.5 Å². The van der Waals surface area contributed by atoms with E-state index in [0.717, 1.165) is 18.8 Å². The molecule has 0 aliphatic heterocycles. The van der Waals surface area contributed by atoms with Gasteiger partial charge in [-0.1, -0.05) is 12.8 Å². The number of carbonyl (C=O) groups excluding carboxylic acids is 1. The molecule has 13 heavy (non-hydrogen) atoms. The molecule has 0 saturated heterocycles. The van der Waals surface area contributed by atoms with Crippen molar-refractivity contribution in [3.63, 3.8) is 0 Å². The van der Waals surface area contributed by atoms with Gasteiger partial charge in [-0.15, -0.1) is 0 Å². The Balaban J connectivity index is 2.31. The Labute approximate surface area is 81.1 Å². The molecule has 1 aliphatic carbocycles. The van der Waals surface area contributed by atoms with Gasteiger partial charge in [0.1, 0.15) is 5.78 Å². The van der Waals surface area contributed by atoms with Crippen LogP contribution in [-0.4, -0.2) is 18.9 Å². The Hall–Kier alpha value is -0.370. The van der Waals surface area contributed by atoms with Gasteiger partial charge in [-0.05, 0) is 39.2 Å². The summed E-state index contributed by atoms with van der Waals surface area (Å²) >= 11 is 0. The number of nitrogens with one attached hydrogen (secondary N) is 1. The Morgan fingerprint density at radius 2 is 2.08 bits per heavy atom. The number of hydrogen-bond donors (Lipinski definition) is 1. The fourth-order valence-corrected chi connectivity index (χ4v) is 2.32. The van der Waals surface area contributed by atoms with Crippen LogP contribution in [-0.2, 0) is 4.79 Å². The van der Waals surface area contributed by atoms with Crippen molar-refractivity contribution in [3.05, 3.63) is 0 Å². The molecule has 1 aliphatic rings. The van der Waals surface area contributed by atoms with Crippen LogP contribution < -0.4 is 5.32 Å². The van der Waals surface area contributed by atoms with Gasteiger partial charge in [0.2, 0.25) is 0 Å². The van der Waals surface area contributed by atoms with Crippen molar-refractivity contribution >= 4 is 5.78 Å². The van der Waals surface area contributed by atoms with Gasteiger partial charge in [-0.3, -0.25) is 0 Å². The fraction of sp³-hybridized carbons (Fsp3) is 0.909. The minimum Gasteiger partial charge on any atom is -0.317 e. The summed E-state index contributed by atoms with van der Waals surface area (Å²) in [5, 5.41) is 3.37. The first-order valence-corrected chi connectivity index (χ1v) is 5.40.